The molecule has 0 amide bonds. The Morgan fingerprint density at radius 1 is 1.10 bits per heavy atom. The SMILES string of the molecule is CCOC(=O)C1=C(C)N=c2s/c(=C/c3ccc(-c4ccccc4C#N)o3)c(=O)n2[C@@H]1c1cccc2ccccc12. The van der Waals surface area contributed by atoms with Crippen LogP contribution in [0.5, 0.6) is 0 Å². The van der Waals surface area contributed by atoms with Crippen LogP contribution in [-0.4, -0.2) is 17.1 Å². The van der Waals surface area contributed by atoms with Gasteiger partial charge in [0.15, 0.2) is 4.80 Å². The van der Waals surface area contributed by atoms with Gasteiger partial charge in [0.05, 0.1) is 40.1 Å². The molecule has 3 heterocycles. The summed E-state index contributed by atoms with van der Waals surface area (Å²) in [4.78, 5) is 32.4. The highest BCUT2D eigenvalue weighted by molar-refractivity contribution is 7.07. The summed E-state index contributed by atoms with van der Waals surface area (Å²) in [6.45, 7) is 3.73. The van der Waals surface area contributed by atoms with Gasteiger partial charge in [-0.1, -0.05) is 65.9 Å². The zero-order chi connectivity index (χ0) is 27.8. The average molecular weight is 546 g/mol. The fourth-order valence-corrected chi connectivity index (χ4v) is 6.10. The quantitative estimate of drug-likeness (QED) is 0.287. The first kappa shape index (κ1) is 25.3. The van der Waals surface area contributed by atoms with Crippen molar-refractivity contribution in [1.29, 1.82) is 5.26 Å². The summed E-state index contributed by atoms with van der Waals surface area (Å²) in [7, 11) is 0. The third-order valence-corrected chi connectivity index (χ3v) is 7.83. The second-order valence-corrected chi connectivity index (χ2v) is 10.2. The molecule has 0 bridgehead atoms. The van der Waals surface area contributed by atoms with Crippen molar-refractivity contribution in [2.45, 2.75) is 19.9 Å². The van der Waals surface area contributed by atoms with Crippen molar-refractivity contribution in [3.8, 4) is 17.4 Å². The molecule has 0 saturated heterocycles. The van der Waals surface area contributed by atoms with Crippen LogP contribution >= 0.6 is 11.3 Å². The third kappa shape index (κ3) is 4.27. The van der Waals surface area contributed by atoms with E-state index in [1.54, 1.807) is 48.8 Å². The molecule has 2 aromatic heterocycles. The van der Waals surface area contributed by atoms with E-state index in [-0.39, 0.29) is 12.2 Å². The number of ether oxygens (including phenoxy) is 1. The lowest BCUT2D eigenvalue weighted by molar-refractivity contribution is -0.139. The predicted molar refractivity (Wildman–Crippen MR) is 153 cm³/mol. The maximum absolute atomic E-state index is 14.0. The molecule has 7 nitrogen and oxygen atoms in total. The van der Waals surface area contributed by atoms with Gasteiger partial charge in [-0.05, 0) is 54.4 Å². The highest BCUT2D eigenvalue weighted by Crippen LogP contribution is 2.35. The predicted octanol–water partition coefficient (Wildman–Crippen LogP) is 5.08. The van der Waals surface area contributed by atoms with Gasteiger partial charge in [-0.3, -0.25) is 9.36 Å². The summed E-state index contributed by atoms with van der Waals surface area (Å²) in [5.74, 6) is 0.504. The van der Waals surface area contributed by atoms with Crippen LogP contribution in [-0.2, 0) is 9.53 Å². The van der Waals surface area contributed by atoms with Gasteiger partial charge in [0.25, 0.3) is 5.56 Å². The van der Waals surface area contributed by atoms with Crippen LogP contribution in [0.2, 0.25) is 0 Å². The molecule has 0 saturated carbocycles. The van der Waals surface area contributed by atoms with E-state index in [2.05, 4.69) is 11.1 Å². The van der Waals surface area contributed by atoms with E-state index in [1.165, 1.54) is 11.3 Å². The molecule has 1 atom stereocenters. The van der Waals surface area contributed by atoms with Gasteiger partial charge in [-0.25, -0.2) is 9.79 Å². The topological polar surface area (TPSA) is 97.6 Å². The fraction of sp³-hybridized carbons (Fsp3) is 0.125. The van der Waals surface area contributed by atoms with Gasteiger partial charge in [-0.15, -0.1) is 0 Å². The molecular formula is C32H23N3O4S. The Labute approximate surface area is 233 Å². The summed E-state index contributed by atoms with van der Waals surface area (Å²) in [6, 6.07) is 25.9. The molecule has 3 aromatic carbocycles. The van der Waals surface area contributed by atoms with Crippen LogP contribution in [0.1, 0.15) is 36.8 Å². The Morgan fingerprint density at radius 3 is 2.70 bits per heavy atom. The number of nitrogens with zero attached hydrogens (tertiary/aromatic N) is 3. The number of carbonyl (C=O) groups is 1. The van der Waals surface area contributed by atoms with E-state index in [9.17, 15) is 14.9 Å². The molecule has 0 aliphatic carbocycles. The van der Waals surface area contributed by atoms with Crippen molar-refractivity contribution in [3.05, 3.63) is 127 Å². The van der Waals surface area contributed by atoms with Crippen molar-refractivity contribution in [3.63, 3.8) is 0 Å². The Morgan fingerprint density at radius 2 is 1.88 bits per heavy atom. The molecule has 0 radical (unpaired) electrons. The lowest BCUT2D eigenvalue weighted by Crippen LogP contribution is -2.40. The van der Waals surface area contributed by atoms with Crippen LogP contribution in [0.15, 0.2) is 104 Å². The van der Waals surface area contributed by atoms with Crippen LogP contribution in [0.3, 0.4) is 0 Å². The number of furan rings is 1. The molecule has 0 spiro atoms. The fourth-order valence-electron chi connectivity index (χ4n) is 5.07. The van der Waals surface area contributed by atoms with Gasteiger partial charge in [0, 0.05) is 11.6 Å². The molecule has 196 valence electrons. The number of aromatic nitrogens is 1. The zero-order valence-electron chi connectivity index (χ0n) is 21.8. The first-order valence-electron chi connectivity index (χ1n) is 12.8. The molecule has 40 heavy (non-hydrogen) atoms. The van der Waals surface area contributed by atoms with Gasteiger partial charge in [0.1, 0.15) is 11.5 Å². The third-order valence-electron chi connectivity index (χ3n) is 6.85. The van der Waals surface area contributed by atoms with Crippen LogP contribution in [0, 0.1) is 11.3 Å². The minimum atomic E-state index is -0.710. The Bertz CT molecular complexity index is 2050. The second-order valence-electron chi connectivity index (χ2n) is 9.23. The van der Waals surface area contributed by atoms with Crippen LogP contribution in [0.4, 0.5) is 0 Å². The monoisotopic (exact) mass is 545 g/mol. The molecule has 5 aromatic rings. The summed E-state index contributed by atoms with van der Waals surface area (Å²) >= 11 is 1.23. The highest BCUT2D eigenvalue weighted by Gasteiger charge is 2.34. The van der Waals surface area contributed by atoms with E-state index < -0.39 is 12.0 Å². The minimum absolute atomic E-state index is 0.206. The highest BCUT2D eigenvalue weighted by atomic mass is 32.1. The number of hydrogen-bond donors (Lipinski definition) is 0. The Hall–Kier alpha value is -5.00. The number of nitriles is 1. The summed E-state index contributed by atoms with van der Waals surface area (Å²) in [6.07, 6.45) is 1.67. The largest absolute Gasteiger partial charge is 0.463 e. The van der Waals surface area contributed by atoms with Gasteiger partial charge in [-0.2, -0.15) is 5.26 Å². The molecule has 6 rings (SSSR count). The first-order chi connectivity index (χ1) is 19.5. The summed E-state index contributed by atoms with van der Waals surface area (Å²) in [5.41, 5.74) is 2.56. The van der Waals surface area contributed by atoms with E-state index in [0.717, 1.165) is 16.3 Å². The maximum Gasteiger partial charge on any atom is 0.338 e. The number of benzene rings is 3. The molecular weight excluding hydrogens is 522 g/mol. The number of fused-ring (bicyclic) bond motifs is 2. The molecule has 1 aliphatic heterocycles. The molecule has 8 heteroatoms. The summed E-state index contributed by atoms with van der Waals surface area (Å²) < 4.78 is 13.4. The van der Waals surface area contributed by atoms with Crippen molar-refractivity contribution in [1.82, 2.24) is 4.57 Å². The smallest absolute Gasteiger partial charge is 0.338 e. The number of thiazole rings is 1. The number of allylic oxidation sites excluding steroid dienone is 1. The Kier molecular flexibility index (Phi) is 6.50. The van der Waals surface area contributed by atoms with Crippen molar-refractivity contribution < 1.29 is 13.9 Å². The normalized spacial score (nSPS) is 15.0. The molecule has 0 unspecified atom stereocenters. The lowest BCUT2D eigenvalue weighted by atomic mass is 9.91. The molecule has 0 fully saturated rings. The van der Waals surface area contributed by atoms with Crippen LogP contribution in [0.25, 0.3) is 28.2 Å². The second kappa shape index (κ2) is 10.3. The van der Waals surface area contributed by atoms with Gasteiger partial charge in [0.2, 0.25) is 0 Å². The zero-order valence-corrected chi connectivity index (χ0v) is 22.6. The maximum atomic E-state index is 14.0. The average Bonchev–Trinajstić information content (AvgIpc) is 3.56. The minimum Gasteiger partial charge on any atom is -0.463 e. The number of hydrogen-bond acceptors (Lipinski definition) is 7. The summed E-state index contributed by atoms with van der Waals surface area (Å²) in [5, 5.41) is 11.4. The number of carbonyl (C=O) groups excluding carboxylic acids is 1. The van der Waals surface area contributed by atoms with Gasteiger partial charge < -0.3 is 9.15 Å². The van der Waals surface area contributed by atoms with Crippen molar-refractivity contribution in [2.75, 3.05) is 6.61 Å². The molecule has 0 N–H and O–H groups in total. The lowest BCUT2D eigenvalue weighted by Gasteiger charge is -2.25. The van der Waals surface area contributed by atoms with E-state index in [4.69, 9.17) is 9.15 Å². The van der Waals surface area contributed by atoms with Crippen LogP contribution < -0.4 is 14.9 Å². The standard InChI is InChI=1S/C32H23N3O4S/c1-3-38-31(37)28-19(2)34-32-35(29(28)25-14-8-11-20-9-4-6-12-23(20)25)30(36)27(40-32)17-22-15-16-26(39-22)24-13-7-5-10-21(24)18-33/h4-17,29H,3H2,1-2H3/b27-17+/t29-/m1/s1. The van der Waals surface area contributed by atoms with E-state index >= 15 is 0 Å². The number of rotatable bonds is 5. The van der Waals surface area contributed by atoms with Crippen molar-refractivity contribution in [2.24, 2.45) is 4.99 Å². The van der Waals surface area contributed by atoms with E-state index in [1.807, 2.05) is 54.6 Å². The molecule has 1 aliphatic rings. The van der Waals surface area contributed by atoms with E-state index in [0.29, 0.717) is 43.3 Å². The first-order valence-corrected chi connectivity index (χ1v) is 13.6. The van der Waals surface area contributed by atoms with Crippen molar-refractivity contribution >= 4 is 34.2 Å². The Balaban J connectivity index is 1.54. The van der Waals surface area contributed by atoms with Gasteiger partial charge >= 0.3 is 5.97 Å². The number of esters is 1.